The Hall–Kier alpha value is -3.16. The van der Waals surface area contributed by atoms with Crippen LogP contribution in [0, 0.1) is 5.92 Å². The average molecular weight is 406 g/mol. The number of allylic oxidation sites excluding steroid dienone is 2. The Kier molecular flexibility index (Phi) is 5.21. The number of hydrogen-bond donors (Lipinski definition) is 3. The number of amides is 1. The molecular formula is C22H27N7O. The van der Waals surface area contributed by atoms with E-state index in [1.165, 1.54) is 0 Å². The number of carbonyl (C=O) groups excluding carboxylic acids is 1. The van der Waals surface area contributed by atoms with Crippen molar-refractivity contribution in [1.82, 2.24) is 30.0 Å². The van der Waals surface area contributed by atoms with Crippen LogP contribution in [0.4, 0.5) is 5.82 Å². The van der Waals surface area contributed by atoms with Crippen molar-refractivity contribution in [3.05, 3.63) is 48.2 Å². The third kappa shape index (κ3) is 3.94. The molecule has 30 heavy (non-hydrogen) atoms. The smallest absolute Gasteiger partial charge is 0.223 e. The molecule has 4 heterocycles. The number of aromatic nitrogens is 5. The summed E-state index contributed by atoms with van der Waals surface area (Å²) in [5, 5.41) is 11.7. The summed E-state index contributed by atoms with van der Waals surface area (Å²) in [7, 11) is 0. The zero-order valence-corrected chi connectivity index (χ0v) is 17.0. The van der Waals surface area contributed by atoms with Crippen molar-refractivity contribution in [2.75, 3.05) is 18.4 Å². The third-order valence-corrected chi connectivity index (χ3v) is 6.24. The fourth-order valence-electron chi connectivity index (χ4n) is 4.49. The first-order valence-corrected chi connectivity index (χ1v) is 10.8. The predicted octanol–water partition coefficient (Wildman–Crippen LogP) is 3.36. The van der Waals surface area contributed by atoms with Gasteiger partial charge in [0.25, 0.3) is 0 Å². The van der Waals surface area contributed by atoms with Gasteiger partial charge >= 0.3 is 0 Å². The Morgan fingerprint density at radius 1 is 1.23 bits per heavy atom. The maximum absolute atomic E-state index is 12.6. The molecule has 0 spiro atoms. The van der Waals surface area contributed by atoms with Crippen LogP contribution in [0.1, 0.15) is 49.5 Å². The number of imidazole rings is 1. The highest BCUT2D eigenvalue weighted by Crippen LogP contribution is 2.30. The van der Waals surface area contributed by atoms with Crippen LogP contribution in [0.25, 0.3) is 11.0 Å². The molecule has 1 saturated heterocycles. The first-order chi connectivity index (χ1) is 14.8. The van der Waals surface area contributed by atoms with Crippen LogP contribution in [0.5, 0.6) is 0 Å². The van der Waals surface area contributed by atoms with Gasteiger partial charge in [0.05, 0.1) is 11.9 Å². The topological polar surface area (TPSA) is 103 Å². The van der Waals surface area contributed by atoms with Gasteiger partial charge in [0, 0.05) is 43.5 Å². The summed E-state index contributed by atoms with van der Waals surface area (Å²) in [5.74, 6) is 2.76. The standard InChI is InChI=1S/C22H27N7O/c30-20(13-15-3-1-2-4-15)29-11-7-16(8-12-29)18-6-5-17-21(27-28-22(17)26-18)25-14-19-23-9-10-24-19/h1,3,5-6,9-10,15-16H,2,4,7-8,11-14H2,(H,23,24)(H2,25,26,27,28)/t15-/m1/s1. The largest absolute Gasteiger partial charge is 0.361 e. The Labute approximate surface area is 175 Å². The number of piperidine rings is 1. The van der Waals surface area contributed by atoms with Gasteiger partial charge in [-0.25, -0.2) is 9.97 Å². The molecule has 3 N–H and O–H groups in total. The predicted molar refractivity (Wildman–Crippen MR) is 115 cm³/mol. The number of anilines is 1. The zero-order chi connectivity index (χ0) is 20.3. The lowest BCUT2D eigenvalue weighted by Gasteiger charge is -2.32. The van der Waals surface area contributed by atoms with Crippen LogP contribution in [-0.4, -0.2) is 49.0 Å². The Morgan fingerprint density at radius 3 is 2.90 bits per heavy atom. The summed E-state index contributed by atoms with van der Waals surface area (Å²) in [6.07, 6.45) is 12.7. The van der Waals surface area contributed by atoms with E-state index >= 15 is 0 Å². The van der Waals surface area contributed by atoms with Gasteiger partial charge in [-0.3, -0.25) is 9.89 Å². The molecule has 5 rings (SSSR count). The number of likely N-dealkylation sites (tertiary alicyclic amines) is 1. The minimum atomic E-state index is 0.300. The highest BCUT2D eigenvalue weighted by atomic mass is 16.2. The number of H-pyrrole nitrogens is 2. The van der Waals surface area contributed by atoms with Gasteiger partial charge in [-0.1, -0.05) is 12.2 Å². The summed E-state index contributed by atoms with van der Waals surface area (Å²) in [4.78, 5) is 26.7. The quantitative estimate of drug-likeness (QED) is 0.546. The Balaban J connectivity index is 1.19. The summed E-state index contributed by atoms with van der Waals surface area (Å²) in [6.45, 7) is 2.22. The lowest BCUT2D eigenvalue weighted by molar-refractivity contribution is -0.132. The second-order valence-electron chi connectivity index (χ2n) is 8.22. The molecule has 156 valence electrons. The molecule has 0 saturated carbocycles. The molecule has 1 fully saturated rings. The molecular weight excluding hydrogens is 378 g/mol. The van der Waals surface area contributed by atoms with E-state index in [0.717, 1.165) is 67.1 Å². The van der Waals surface area contributed by atoms with Gasteiger partial charge in [0.1, 0.15) is 5.82 Å². The number of nitrogens with one attached hydrogen (secondary N) is 3. The van der Waals surface area contributed by atoms with E-state index in [9.17, 15) is 4.79 Å². The van der Waals surface area contributed by atoms with E-state index in [4.69, 9.17) is 4.98 Å². The van der Waals surface area contributed by atoms with Crippen LogP contribution in [0.2, 0.25) is 0 Å². The summed E-state index contributed by atoms with van der Waals surface area (Å²) >= 11 is 0. The fourth-order valence-corrected chi connectivity index (χ4v) is 4.49. The fraction of sp³-hybridized carbons (Fsp3) is 0.455. The highest BCUT2D eigenvalue weighted by Gasteiger charge is 2.26. The third-order valence-electron chi connectivity index (χ3n) is 6.24. The number of carbonyl (C=O) groups is 1. The van der Waals surface area contributed by atoms with Crippen LogP contribution in [-0.2, 0) is 11.3 Å². The molecule has 3 aromatic rings. The molecule has 2 aliphatic rings. The van der Waals surface area contributed by atoms with Crippen molar-refractivity contribution in [2.24, 2.45) is 5.92 Å². The maximum atomic E-state index is 12.6. The molecule has 1 amide bonds. The van der Waals surface area contributed by atoms with Crippen molar-refractivity contribution in [2.45, 2.75) is 44.6 Å². The van der Waals surface area contributed by atoms with E-state index in [1.54, 1.807) is 12.4 Å². The highest BCUT2D eigenvalue weighted by molar-refractivity contribution is 5.87. The lowest BCUT2D eigenvalue weighted by Crippen LogP contribution is -2.38. The van der Waals surface area contributed by atoms with Crippen molar-refractivity contribution >= 4 is 22.8 Å². The van der Waals surface area contributed by atoms with Crippen LogP contribution in [0.3, 0.4) is 0 Å². The normalized spacial score (nSPS) is 19.6. The molecule has 8 nitrogen and oxygen atoms in total. The molecule has 1 aliphatic heterocycles. The summed E-state index contributed by atoms with van der Waals surface area (Å²) in [5.41, 5.74) is 1.87. The molecule has 0 bridgehead atoms. The maximum Gasteiger partial charge on any atom is 0.223 e. The minimum Gasteiger partial charge on any atom is -0.361 e. The molecule has 0 aromatic carbocycles. The lowest BCUT2D eigenvalue weighted by atomic mass is 9.92. The number of nitrogens with zero attached hydrogens (tertiary/aromatic N) is 4. The van der Waals surface area contributed by atoms with Gasteiger partial charge in [0.15, 0.2) is 11.5 Å². The van der Waals surface area contributed by atoms with Crippen LogP contribution >= 0.6 is 0 Å². The van der Waals surface area contributed by atoms with Gasteiger partial charge in [-0.05, 0) is 43.7 Å². The van der Waals surface area contributed by atoms with E-state index in [-0.39, 0.29) is 0 Å². The molecule has 1 aliphatic carbocycles. The van der Waals surface area contributed by atoms with Crippen molar-refractivity contribution < 1.29 is 4.79 Å². The van der Waals surface area contributed by atoms with Gasteiger partial charge in [0.2, 0.25) is 5.91 Å². The van der Waals surface area contributed by atoms with Crippen molar-refractivity contribution in [1.29, 1.82) is 0 Å². The van der Waals surface area contributed by atoms with E-state index in [0.29, 0.717) is 30.7 Å². The second kappa shape index (κ2) is 8.30. The molecule has 0 unspecified atom stereocenters. The van der Waals surface area contributed by atoms with Gasteiger partial charge in [-0.2, -0.15) is 5.10 Å². The molecule has 0 radical (unpaired) electrons. The van der Waals surface area contributed by atoms with Crippen LogP contribution in [0.15, 0.2) is 36.7 Å². The van der Waals surface area contributed by atoms with Crippen molar-refractivity contribution in [3.63, 3.8) is 0 Å². The van der Waals surface area contributed by atoms with E-state index < -0.39 is 0 Å². The molecule has 1 atom stereocenters. The van der Waals surface area contributed by atoms with Crippen LogP contribution < -0.4 is 5.32 Å². The number of hydrogen-bond acceptors (Lipinski definition) is 5. The number of aromatic amines is 2. The minimum absolute atomic E-state index is 0.300. The van der Waals surface area contributed by atoms with Gasteiger partial charge in [-0.15, -0.1) is 0 Å². The summed E-state index contributed by atoms with van der Waals surface area (Å²) < 4.78 is 0. The Morgan fingerprint density at radius 2 is 2.13 bits per heavy atom. The molecule has 8 heteroatoms. The molecule has 3 aromatic heterocycles. The monoisotopic (exact) mass is 405 g/mol. The SMILES string of the molecule is O=C(C[C@@H]1C=CCC1)N1CCC(c2ccc3c(NCc4ncc[nH]4)n[nH]c3n2)CC1. The second-order valence-corrected chi connectivity index (χ2v) is 8.22. The van der Waals surface area contributed by atoms with Gasteiger partial charge < -0.3 is 15.2 Å². The Bertz CT molecular complexity index is 1030. The average Bonchev–Trinajstić information content (AvgIpc) is 3.54. The van der Waals surface area contributed by atoms with Crippen molar-refractivity contribution in [3.8, 4) is 0 Å². The number of fused-ring (bicyclic) bond motifs is 1. The first kappa shape index (κ1) is 18.8. The number of rotatable bonds is 6. The zero-order valence-electron chi connectivity index (χ0n) is 17.0. The van der Waals surface area contributed by atoms with E-state index in [1.807, 2.05) is 4.90 Å². The number of pyridine rings is 1. The van der Waals surface area contributed by atoms with E-state index in [2.05, 4.69) is 49.8 Å². The first-order valence-electron chi connectivity index (χ1n) is 10.8. The summed E-state index contributed by atoms with van der Waals surface area (Å²) in [6, 6.07) is 4.18.